The minimum absolute atomic E-state index is 0.0239. The molecule has 202 valence electrons. The number of amides is 2. The predicted octanol–water partition coefficient (Wildman–Crippen LogP) is 3.78. The Kier molecular flexibility index (Phi) is 9.61. The summed E-state index contributed by atoms with van der Waals surface area (Å²) in [6.07, 6.45) is -1.69. The van der Waals surface area contributed by atoms with Gasteiger partial charge < -0.3 is 24.7 Å². The Morgan fingerprint density at radius 1 is 0.816 bits per heavy atom. The molecule has 0 saturated heterocycles. The first-order chi connectivity index (χ1) is 18.1. The molecule has 2 amide bonds. The van der Waals surface area contributed by atoms with Gasteiger partial charge >= 0.3 is 12.2 Å². The van der Waals surface area contributed by atoms with Gasteiger partial charge in [-0.2, -0.15) is 0 Å². The second kappa shape index (κ2) is 12.9. The van der Waals surface area contributed by atoms with Gasteiger partial charge in [-0.05, 0) is 31.9 Å². The van der Waals surface area contributed by atoms with E-state index in [1.807, 2.05) is 0 Å². The molecule has 3 aromatic rings. The van der Waals surface area contributed by atoms with Gasteiger partial charge in [0.2, 0.25) is 11.6 Å². The number of nitrogens with zero attached hydrogens (tertiary/aromatic N) is 6. The summed E-state index contributed by atoms with van der Waals surface area (Å²) in [4.78, 5) is 26.0. The number of carbonyl (C=O) groups is 2. The molecule has 0 unspecified atom stereocenters. The lowest BCUT2D eigenvalue weighted by Gasteiger charge is -2.26. The molecule has 11 nitrogen and oxygen atoms in total. The molecule has 0 radical (unpaired) electrons. The summed E-state index contributed by atoms with van der Waals surface area (Å²) in [7, 11) is 0. The fourth-order valence-electron chi connectivity index (χ4n) is 3.45. The maximum Gasteiger partial charge on any atom is 0.410 e. The third-order valence-corrected chi connectivity index (χ3v) is 5.30. The van der Waals surface area contributed by atoms with Gasteiger partial charge in [0, 0.05) is 30.8 Å². The van der Waals surface area contributed by atoms with Gasteiger partial charge in [-0.15, -0.1) is 20.4 Å². The van der Waals surface area contributed by atoms with Gasteiger partial charge in [0.25, 0.3) is 0 Å². The normalized spacial score (nSPS) is 11.2. The van der Waals surface area contributed by atoms with E-state index in [1.165, 1.54) is 4.90 Å². The topological polar surface area (TPSA) is 142 Å². The molecule has 0 aliphatic carbocycles. The van der Waals surface area contributed by atoms with Crippen molar-refractivity contribution in [3.8, 4) is 22.8 Å². The van der Waals surface area contributed by atoms with Crippen LogP contribution >= 0.6 is 0 Å². The number of aromatic nitrogens is 4. The zero-order valence-corrected chi connectivity index (χ0v) is 21.5. The van der Waals surface area contributed by atoms with Crippen LogP contribution in [0.25, 0.3) is 22.8 Å². The van der Waals surface area contributed by atoms with Crippen molar-refractivity contribution in [3.63, 3.8) is 0 Å². The molecule has 0 bridgehead atoms. The van der Waals surface area contributed by atoms with Crippen molar-refractivity contribution in [2.75, 3.05) is 26.4 Å². The third kappa shape index (κ3) is 8.17. The first kappa shape index (κ1) is 28.4. The first-order valence-electron chi connectivity index (χ1n) is 12.0. The molecule has 1 heterocycles. The number of aliphatic hydroxyl groups excluding tert-OH is 1. The van der Waals surface area contributed by atoms with E-state index >= 15 is 0 Å². The number of carboxylic acid groups (broad SMARTS) is 1. The Morgan fingerprint density at radius 3 is 1.63 bits per heavy atom. The van der Waals surface area contributed by atoms with E-state index in [1.54, 1.807) is 69.3 Å². The average molecular weight is 527 g/mol. The number of hydrogen-bond donors (Lipinski definition) is 2. The minimum atomic E-state index is -1.11. The Morgan fingerprint density at radius 2 is 1.26 bits per heavy atom. The highest BCUT2D eigenvalue weighted by Gasteiger charge is 2.22. The molecule has 0 fully saturated rings. The van der Waals surface area contributed by atoms with Gasteiger partial charge in [0.1, 0.15) is 12.3 Å². The van der Waals surface area contributed by atoms with Crippen LogP contribution in [0.5, 0.6) is 0 Å². The van der Waals surface area contributed by atoms with E-state index in [-0.39, 0.29) is 32.8 Å². The summed E-state index contributed by atoms with van der Waals surface area (Å²) in [5.41, 5.74) is 2.19. The van der Waals surface area contributed by atoms with Crippen LogP contribution in [0.3, 0.4) is 0 Å². The van der Waals surface area contributed by atoms with Crippen molar-refractivity contribution in [1.29, 1.82) is 0 Å². The van der Waals surface area contributed by atoms with Crippen LogP contribution in [0.4, 0.5) is 14.0 Å². The molecule has 0 spiro atoms. The van der Waals surface area contributed by atoms with Crippen molar-refractivity contribution in [2.24, 2.45) is 0 Å². The summed E-state index contributed by atoms with van der Waals surface area (Å²) in [6, 6.07) is 14.1. The smallest absolute Gasteiger partial charge is 0.410 e. The van der Waals surface area contributed by atoms with Crippen LogP contribution < -0.4 is 0 Å². The Balaban J connectivity index is 1.66. The zero-order chi connectivity index (χ0) is 27.7. The van der Waals surface area contributed by atoms with Crippen molar-refractivity contribution in [3.05, 3.63) is 59.7 Å². The van der Waals surface area contributed by atoms with Gasteiger partial charge in [-0.1, -0.05) is 48.5 Å². The highest BCUT2D eigenvalue weighted by atomic mass is 19.1. The monoisotopic (exact) mass is 526 g/mol. The summed E-state index contributed by atoms with van der Waals surface area (Å²) < 4.78 is 18.4. The molecule has 0 aliphatic heterocycles. The standard InChI is InChI=1S/C26H31FN6O5/c1-26(2,3)38-25(37)33(13-12-27)17-19-6-10-21(11-7-19)23-30-28-22(29-31-23)20-8-4-18(5-9-20)16-32(14-15-34)24(35)36/h4-11,34H,12-17H2,1-3H3,(H,35,36). The fraction of sp³-hybridized carbons (Fsp3) is 0.385. The largest absolute Gasteiger partial charge is 0.465 e. The maximum atomic E-state index is 13.0. The molecule has 0 aliphatic rings. The second-order valence-corrected chi connectivity index (χ2v) is 9.46. The van der Waals surface area contributed by atoms with Crippen LogP contribution in [0, 0.1) is 0 Å². The van der Waals surface area contributed by atoms with E-state index in [0.717, 1.165) is 16.0 Å². The van der Waals surface area contributed by atoms with Crippen molar-refractivity contribution in [2.45, 2.75) is 39.5 Å². The van der Waals surface area contributed by atoms with Gasteiger partial charge in [0.05, 0.1) is 13.2 Å². The van der Waals surface area contributed by atoms with Gasteiger partial charge in [-0.25, -0.2) is 14.0 Å². The fourth-order valence-corrected chi connectivity index (χ4v) is 3.45. The Labute approximate surface area is 219 Å². The number of halogens is 1. The minimum Gasteiger partial charge on any atom is -0.465 e. The molecule has 2 N–H and O–H groups in total. The number of hydrogen-bond acceptors (Lipinski definition) is 8. The third-order valence-electron chi connectivity index (χ3n) is 5.30. The molecule has 3 rings (SSSR count). The molecule has 12 heteroatoms. The SMILES string of the molecule is CC(C)(C)OC(=O)N(CCF)Cc1ccc(-c2nnc(-c3ccc(CN(CCO)C(=O)O)cc3)nn2)cc1. The quantitative estimate of drug-likeness (QED) is 0.403. The molecule has 38 heavy (non-hydrogen) atoms. The first-order valence-corrected chi connectivity index (χ1v) is 12.0. The van der Waals surface area contributed by atoms with Crippen molar-refractivity contribution < 1.29 is 28.9 Å². The summed E-state index contributed by atoms with van der Waals surface area (Å²) >= 11 is 0. The average Bonchev–Trinajstić information content (AvgIpc) is 2.88. The molecule has 1 aromatic heterocycles. The van der Waals surface area contributed by atoms with Crippen molar-refractivity contribution >= 4 is 12.2 Å². The van der Waals surface area contributed by atoms with Crippen molar-refractivity contribution in [1.82, 2.24) is 30.2 Å². The summed E-state index contributed by atoms with van der Waals surface area (Å²) in [6.45, 7) is 4.62. The maximum absolute atomic E-state index is 13.0. The van der Waals surface area contributed by atoms with E-state index in [4.69, 9.17) is 9.84 Å². The number of aliphatic hydroxyl groups is 1. The van der Waals surface area contributed by atoms with Crippen LogP contribution in [0.1, 0.15) is 31.9 Å². The second-order valence-electron chi connectivity index (χ2n) is 9.46. The van der Waals surface area contributed by atoms with Crippen LogP contribution in [0.2, 0.25) is 0 Å². The lowest BCUT2D eigenvalue weighted by molar-refractivity contribution is 0.0222. The van der Waals surface area contributed by atoms with E-state index in [2.05, 4.69) is 20.4 Å². The molecular weight excluding hydrogens is 495 g/mol. The van der Waals surface area contributed by atoms with E-state index in [0.29, 0.717) is 22.8 Å². The van der Waals surface area contributed by atoms with E-state index < -0.39 is 24.5 Å². The van der Waals surface area contributed by atoms with Crippen LogP contribution in [0.15, 0.2) is 48.5 Å². The molecule has 2 aromatic carbocycles. The lowest BCUT2D eigenvalue weighted by atomic mass is 10.1. The number of rotatable bonds is 10. The molecular formula is C26H31FN6O5. The van der Waals surface area contributed by atoms with Gasteiger partial charge in [0.15, 0.2) is 0 Å². The Hall–Kier alpha value is -4.19. The number of benzene rings is 2. The highest BCUT2D eigenvalue weighted by Crippen LogP contribution is 2.19. The number of ether oxygens (including phenoxy) is 1. The lowest BCUT2D eigenvalue weighted by Crippen LogP contribution is -2.37. The van der Waals surface area contributed by atoms with Gasteiger partial charge in [-0.3, -0.25) is 0 Å². The van der Waals surface area contributed by atoms with Crippen LogP contribution in [-0.4, -0.2) is 84.6 Å². The number of alkyl halides is 1. The summed E-state index contributed by atoms with van der Waals surface area (Å²) in [5, 5.41) is 34.8. The predicted molar refractivity (Wildman–Crippen MR) is 137 cm³/mol. The number of carbonyl (C=O) groups excluding carboxylic acids is 1. The molecule has 0 atom stereocenters. The Bertz CT molecular complexity index is 1200. The van der Waals surface area contributed by atoms with E-state index in [9.17, 15) is 19.1 Å². The zero-order valence-electron chi connectivity index (χ0n) is 21.5. The summed E-state index contributed by atoms with van der Waals surface area (Å²) in [5.74, 6) is 0.618. The van der Waals surface area contributed by atoms with Crippen LogP contribution in [-0.2, 0) is 17.8 Å². The molecule has 0 saturated carbocycles. The highest BCUT2D eigenvalue weighted by molar-refractivity contribution is 5.68.